The third-order valence-electron chi connectivity index (χ3n) is 3.82. The van der Waals surface area contributed by atoms with Crippen LogP contribution in [0.1, 0.15) is 39.5 Å². The molecule has 1 unspecified atom stereocenters. The zero-order chi connectivity index (χ0) is 14.5. The van der Waals surface area contributed by atoms with Gasteiger partial charge in [0, 0.05) is 25.2 Å². The fraction of sp³-hybridized carbons (Fsp3) is 0.857. The monoisotopic (exact) mass is 283 g/mol. The molecule has 1 aliphatic carbocycles. The number of carbonyl (C=O) groups is 2. The molecular weight excluding hydrogens is 258 g/mol. The van der Waals surface area contributed by atoms with Crippen LogP contribution in [0, 0.1) is 0 Å². The number of carbonyl (C=O) groups excluding carboxylic acids is 2. The van der Waals surface area contributed by atoms with Crippen LogP contribution < -0.4 is 10.6 Å². The molecule has 2 aliphatic rings. The second-order valence-electron chi connectivity index (χ2n) is 5.63. The highest BCUT2D eigenvalue weighted by Crippen LogP contribution is 2.19. The van der Waals surface area contributed by atoms with Crippen molar-refractivity contribution in [1.82, 2.24) is 15.5 Å². The number of amides is 2. The maximum atomic E-state index is 11.9. The summed E-state index contributed by atoms with van der Waals surface area (Å²) in [5.74, 6) is 0.0836. The maximum Gasteiger partial charge on any atom is 0.409 e. The Morgan fingerprint density at radius 1 is 1.20 bits per heavy atom. The predicted octanol–water partition coefficient (Wildman–Crippen LogP) is 0.864. The van der Waals surface area contributed by atoms with Crippen molar-refractivity contribution in [2.45, 2.75) is 57.7 Å². The second-order valence-corrected chi connectivity index (χ2v) is 5.63. The van der Waals surface area contributed by atoms with Crippen LogP contribution in [-0.4, -0.2) is 54.7 Å². The molecular formula is C14H25N3O3. The summed E-state index contributed by atoms with van der Waals surface area (Å²) in [6.07, 6.45) is 3.71. The van der Waals surface area contributed by atoms with Crippen LogP contribution in [-0.2, 0) is 9.53 Å². The molecule has 1 aliphatic heterocycles. The fourth-order valence-corrected chi connectivity index (χ4v) is 2.43. The first kappa shape index (κ1) is 15.1. The first-order chi connectivity index (χ1) is 9.60. The Morgan fingerprint density at radius 2 is 1.85 bits per heavy atom. The highest BCUT2D eigenvalue weighted by molar-refractivity contribution is 5.81. The van der Waals surface area contributed by atoms with Crippen LogP contribution in [0.3, 0.4) is 0 Å². The van der Waals surface area contributed by atoms with Gasteiger partial charge in [0.25, 0.3) is 0 Å². The second kappa shape index (κ2) is 6.92. The number of ether oxygens (including phenoxy) is 1. The topological polar surface area (TPSA) is 70.7 Å². The van der Waals surface area contributed by atoms with Crippen LogP contribution in [0.15, 0.2) is 0 Å². The number of nitrogens with zero attached hydrogens (tertiary/aromatic N) is 1. The third-order valence-corrected chi connectivity index (χ3v) is 3.82. The summed E-state index contributed by atoms with van der Waals surface area (Å²) >= 11 is 0. The average molecular weight is 283 g/mol. The van der Waals surface area contributed by atoms with Crippen LogP contribution >= 0.6 is 0 Å². The lowest BCUT2D eigenvalue weighted by atomic mass is 10.0. The average Bonchev–Trinajstić information content (AvgIpc) is 3.23. The Morgan fingerprint density at radius 3 is 2.40 bits per heavy atom. The molecule has 1 atom stereocenters. The van der Waals surface area contributed by atoms with Crippen LogP contribution in [0.4, 0.5) is 4.79 Å². The summed E-state index contributed by atoms with van der Waals surface area (Å²) in [6.45, 7) is 5.50. The van der Waals surface area contributed by atoms with Crippen LogP contribution in [0.25, 0.3) is 0 Å². The molecule has 0 aromatic rings. The van der Waals surface area contributed by atoms with Crippen molar-refractivity contribution in [2.75, 3.05) is 19.7 Å². The van der Waals surface area contributed by atoms with E-state index in [1.54, 1.807) is 4.90 Å². The molecule has 0 aromatic heterocycles. The lowest BCUT2D eigenvalue weighted by Crippen LogP contribution is -2.51. The molecule has 20 heavy (non-hydrogen) atoms. The maximum absolute atomic E-state index is 11.9. The smallest absolute Gasteiger partial charge is 0.409 e. The Hall–Kier alpha value is -1.30. The van der Waals surface area contributed by atoms with E-state index in [2.05, 4.69) is 10.6 Å². The normalized spacial score (nSPS) is 21.4. The number of rotatable bonds is 5. The summed E-state index contributed by atoms with van der Waals surface area (Å²) in [5, 5.41) is 6.35. The molecule has 0 radical (unpaired) electrons. The minimum atomic E-state index is -0.231. The third kappa shape index (κ3) is 4.37. The molecule has 6 nitrogen and oxygen atoms in total. The van der Waals surface area contributed by atoms with Crippen molar-refractivity contribution in [3.05, 3.63) is 0 Å². The molecule has 1 saturated carbocycles. The zero-order valence-electron chi connectivity index (χ0n) is 12.4. The summed E-state index contributed by atoms with van der Waals surface area (Å²) in [6, 6.07) is 0.521. The van der Waals surface area contributed by atoms with Crippen molar-refractivity contribution in [3.63, 3.8) is 0 Å². The minimum absolute atomic E-state index is 0.0836. The molecule has 0 spiro atoms. The van der Waals surface area contributed by atoms with E-state index in [-0.39, 0.29) is 18.0 Å². The first-order valence-electron chi connectivity index (χ1n) is 7.58. The summed E-state index contributed by atoms with van der Waals surface area (Å²) < 4.78 is 4.99. The number of nitrogens with one attached hydrogen (secondary N) is 2. The molecule has 0 aromatic carbocycles. The van der Waals surface area contributed by atoms with Gasteiger partial charge >= 0.3 is 6.09 Å². The molecule has 2 rings (SSSR count). The van der Waals surface area contributed by atoms with Crippen molar-refractivity contribution in [3.8, 4) is 0 Å². The lowest BCUT2D eigenvalue weighted by molar-refractivity contribution is -0.123. The molecule has 1 saturated heterocycles. The van der Waals surface area contributed by atoms with Crippen molar-refractivity contribution < 1.29 is 14.3 Å². The number of piperidine rings is 1. The number of hydrogen-bond acceptors (Lipinski definition) is 4. The van der Waals surface area contributed by atoms with Gasteiger partial charge in [-0.05, 0) is 39.5 Å². The van der Waals surface area contributed by atoms with E-state index in [1.165, 1.54) is 0 Å². The van der Waals surface area contributed by atoms with Gasteiger partial charge in [0.05, 0.1) is 12.6 Å². The van der Waals surface area contributed by atoms with Gasteiger partial charge in [0.15, 0.2) is 0 Å². The number of likely N-dealkylation sites (tertiary alicyclic amines) is 1. The van der Waals surface area contributed by atoms with Gasteiger partial charge in [0.2, 0.25) is 5.91 Å². The van der Waals surface area contributed by atoms with Gasteiger partial charge in [-0.1, -0.05) is 0 Å². The summed E-state index contributed by atoms with van der Waals surface area (Å²) in [4.78, 5) is 25.2. The van der Waals surface area contributed by atoms with Crippen molar-refractivity contribution >= 4 is 12.0 Å². The highest BCUT2D eigenvalue weighted by atomic mass is 16.6. The molecule has 1 heterocycles. The van der Waals surface area contributed by atoms with Gasteiger partial charge in [-0.2, -0.15) is 0 Å². The van der Waals surface area contributed by atoms with E-state index in [9.17, 15) is 9.59 Å². The highest BCUT2D eigenvalue weighted by Gasteiger charge is 2.28. The van der Waals surface area contributed by atoms with Crippen LogP contribution in [0.2, 0.25) is 0 Å². The summed E-state index contributed by atoms with van der Waals surface area (Å²) in [7, 11) is 0. The van der Waals surface area contributed by atoms with Crippen molar-refractivity contribution in [2.24, 2.45) is 0 Å². The van der Waals surface area contributed by atoms with Crippen LogP contribution in [0.5, 0.6) is 0 Å². The fourth-order valence-electron chi connectivity index (χ4n) is 2.43. The lowest BCUT2D eigenvalue weighted by Gasteiger charge is -2.33. The van der Waals surface area contributed by atoms with Gasteiger partial charge in [-0.15, -0.1) is 0 Å². The van der Waals surface area contributed by atoms with Gasteiger partial charge in [0.1, 0.15) is 0 Å². The van der Waals surface area contributed by atoms with Gasteiger partial charge in [-0.3, -0.25) is 4.79 Å². The minimum Gasteiger partial charge on any atom is -0.450 e. The van der Waals surface area contributed by atoms with E-state index >= 15 is 0 Å². The first-order valence-corrected chi connectivity index (χ1v) is 7.58. The predicted molar refractivity (Wildman–Crippen MR) is 75.4 cm³/mol. The van der Waals surface area contributed by atoms with E-state index in [1.807, 2.05) is 13.8 Å². The Balaban J connectivity index is 1.68. The Labute approximate surface area is 120 Å². The molecule has 2 N–H and O–H groups in total. The molecule has 6 heteroatoms. The number of hydrogen-bond donors (Lipinski definition) is 2. The largest absolute Gasteiger partial charge is 0.450 e. The molecule has 114 valence electrons. The van der Waals surface area contributed by atoms with E-state index in [0.29, 0.717) is 31.8 Å². The van der Waals surface area contributed by atoms with E-state index in [0.717, 1.165) is 25.7 Å². The van der Waals surface area contributed by atoms with Gasteiger partial charge in [-0.25, -0.2) is 4.79 Å². The zero-order valence-corrected chi connectivity index (χ0v) is 12.4. The standard InChI is InChI=1S/C14H25N3O3/c1-3-20-14(19)17-8-6-12(7-9-17)15-10(2)13(18)16-11-4-5-11/h10-12,15H,3-9H2,1-2H3,(H,16,18). The molecule has 2 amide bonds. The van der Waals surface area contributed by atoms with E-state index in [4.69, 9.17) is 4.74 Å². The van der Waals surface area contributed by atoms with Crippen molar-refractivity contribution in [1.29, 1.82) is 0 Å². The van der Waals surface area contributed by atoms with Gasteiger partial charge < -0.3 is 20.3 Å². The Kier molecular flexibility index (Phi) is 5.23. The SMILES string of the molecule is CCOC(=O)N1CCC(NC(C)C(=O)NC2CC2)CC1. The quantitative estimate of drug-likeness (QED) is 0.785. The Bertz CT molecular complexity index is 350. The molecule has 2 fully saturated rings. The molecule has 0 bridgehead atoms. The summed E-state index contributed by atoms with van der Waals surface area (Å²) in [5.41, 5.74) is 0. The van der Waals surface area contributed by atoms with E-state index < -0.39 is 0 Å².